The summed E-state index contributed by atoms with van der Waals surface area (Å²) in [5, 5.41) is 1.51. The highest BCUT2D eigenvalue weighted by molar-refractivity contribution is 7.93. The van der Waals surface area contributed by atoms with Crippen LogP contribution in [0.3, 0.4) is 0 Å². The van der Waals surface area contributed by atoms with E-state index in [1.165, 1.54) is 36.8 Å². The van der Waals surface area contributed by atoms with Crippen LogP contribution < -0.4 is 10.5 Å². The molecule has 39 heavy (non-hydrogen) atoms. The number of anilines is 1. The molecule has 3 N–H and O–H groups in total. The minimum Gasteiger partial charge on any atom is -0.369 e. The first-order valence-corrected chi connectivity index (χ1v) is 13.3. The van der Waals surface area contributed by atoms with E-state index in [0.29, 0.717) is 27.5 Å². The van der Waals surface area contributed by atoms with E-state index in [0.717, 1.165) is 12.1 Å². The number of carbonyl (C=O) groups is 1. The van der Waals surface area contributed by atoms with Crippen LogP contribution in [0, 0.1) is 17.0 Å². The normalized spacial score (nSPS) is 12.1. The number of carbonyl (C=O) groups excluding carboxylic acids is 1. The molecule has 0 fully saturated rings. The van der Waals surface area contributed by atoms with Gasteiger partial charge in [0.2, 0.25) is 5.91 Å². The molecule has 0 aliphatic heterocycles. The lowest BCUT2D eigenvalue weighted by molar-refractivity contribution is -0.126. The number of pyridine rings is 1. The molecule has 0 aliphatic rings. The standard InChI is InChI=1S/C28H23F2N5O3S/c1-28(2,27(31)36)13-24-33-15-18-12-16(6-8-21(18)34-24)25-20(29)7-9-22(26(25)30)35-39(37,38)23-5-3-4-17-14-32-11-10-19(17)23/h3-12,14-15,35H,13H2,1-2H3,(H2,31,36). The zero-order valence-electron chi connectivity index (χ0n) is 20.9. The van der Waals surface area contributed by atoms with Crippen molar-refractivity contribution >= 4 is 43.3 Å². The topological polar surface area (TPSA) is 128 Å². The summed E-state index contributed by atoms with van der Waals surface area (Å²) in [6.07, 6.45) is 4.70. The molecule has 11 heteroatoms. The zero-order chi connectivity index (χ0) is 27.9. The van der Waals surface area contributed by atoms with Crippen molar-refractivity contribution in [2.24, 2.45) is 11.1 Å². The third-order valence-corrected chi connectivity index (χ3v) is 7.87. The molecule has 0 bridgehead atoms. The van der Waals surface area contributed by atoms with Crippen molar-refractivity contribution in [2.45, 2.75) is 25.2 Å². The summed E-state index contributed by atoms with van der Waals surface area (Å²) in [5.41, 5.74) is 4.46. The van der Waals surface area contributed by atoms with Crippen molar-refractivity contribution in [2.75, 3.05) is 4.72 Å². The Morgan fingerprint density at radius 3 is 2.59 bits per heavy atom. The Labute approximate surface area is 223 Å². The molecule has 0 spiro atoms. The van der Waals surface area contributed by atoms with Gasteiger partial charge in [-0.15, -0.1) is 0 Å². The van der Waals surface area contributed by atoms with Crippen molar-refractivity contribution in [3.63, 3.8) is 0 Å². The minimum absolute atomic E-state index is 0.0640. The number of aromatic nitrogens is 3. The van der Waals surface area contributed by atoms with Gasteiger partial charge in [0.05, 0.1) is 27.1 Å². The number of hydrogen-bond acceptors (Lipinski definition) is 6. The van der Waals surface area contributed by atoms with Gasteiger partial charge in [0.1, 0.15) is 11.6 Å². The number of nitrogens with two attached hydrogens (primary N) is 1. The number of primary amides is 1. The maximum Gasteiger partial charge on any atom is 0.262 e. The van der Waals surface area contributed by atoms with Crippen LogP contribution in [0.1, 0.15) is 19.7 Å². The number of amides is 1. The first kappa shape index (κ1) is 26.1. The van der Waals surface area contributed by atoms with Gasteiger partial charge in [-0.3, -0.25) is 14.5 Å². The van der Waals surface area contributed by atoms with Gasteiger partial charge < -0.3 is 5.73 Å². The summed E-state index contributed by atoms with van der Waals surface area (Å²) < 4.78 is 59.2. The Morgan fingerprint density at radius 1 is 1.03 bits per heavy atom. The molecular formula is C28H23F2N5O3S. The number of hydrogen-bond donors (Lipinski definition) is 2. The van der Waals surface area contributed by atoms with Crippen molar-refractivity contribution in [3.05, 3.63) is 90.6 Å². The number of halogens is 2. The lowest BCUT2D eigenvalue weighted by atomic mass is 9.88. The SMILES string of the molecule is CC(C)(Cc1ncc2cc(-c3c(F)ccc(NS(=O)(=O)c4cccc5cnccc45)c3F)ccc2n1)C(N)=O. The van der Waals surface area contributed by atoms with Crippen LogP contribution in [0.4, 0.5) is 14.5 Å². The second-order valence-electron chi connectivity index (χ2n) is 9.73. The molecule has 0 radical (unpaired) electrons. The van der Waals surface area contributed by atoms with E-state index in [1.807, 2.05) is 0 Å². The highest BCUT2D eigenvalue weighted by Crippen LogP contribution is 2.34. The third kappa shape index (κ3) is 5.00. The summed E-state index contributed by atoms with van der Waals surface area (Å²) >= 11 is 0. The second-order valence-corrected chi connectivity index (χ2v) is 11.4. The monoisotopic (exact) mass is 547 g/mol. The van der Waals surface area contributed by atoms with Crippen molar-refractivity contribution in [3.8, 4) is 11.1 Å². The highest BCUT2D eigenvalue weighted by Gasteiger charge is 2.27. The molecule has 5 aromatic rings. The molecule has 2 aromatic heterocycles. The van der Waals surface area contributed by atoms with Gasteiger partial charge in [-0.2, -0.15) is 0 Å². The summed E-state index contributed by atoms with van der Waals surface area (Å²) in [6, 6.07) is 12.8. The Morgan fingerprint density at radius 2 is 1.82 bits per heavy atom. The maximum absolute atomic E-state index is 15.7. The molecule has 0 saturated heterocycles. The van der Waals surface area contributed by atoms with Crippen molar-refractivity contribution in [1.82, 2.24) is 15.0 Å². The smallest absolute Gasteiger partial charge is 0.262 e. The van der Waals surface area contributed by atoms with E-state index in [1.54, 1.807) is 38.1 Å². The van der Waals surface area contributed by atoms with E-state index >= 15 is 4.39 Å². The fraction of sp³-hybridized carbons (Fsp3) is 0.143. The molecule has 0 atom stereocenters. The van der Waals surface area contributed by atoms with Crippen LogP contribution in [0.15, 0.2) is 78.1 Å². The van der Waals surface area contributed by atoms with Gasteiger partial charge in [0.25, 0.3) is 10.0 Å². The second kappa shape index (κ2) is 9.66. The zero-order valence-corrected chi connectivity index (χ0v) is 21.8. The van der Waals surface area contributed by atoms with E-state index in [2.05, 4.69) is 19.7 Å². The van der Waals surface area contributed by atoms with Crippen LogP contribution >= 0.6 is 0 Å². The summed E-state index contributed by atoms with van der Waals surface area (Å²) in [7, 11) is -4.23. The lowest BCUT2D eigenvalue weighted by Gasteiger charge is -2.19. The molecule has 3 aromatic carbocycles. The van der Waals surface area contributed by atoms with Gasteiger partial charge >= 0.3 is 0 Å². The van der Waals surface area contributed by atoms with Crippen LogP contribution in [-0.2, 0) is 21.2 Å². The fourth-order valence-corrected chi connectivity index (χ4v) is 5.51. The van der Waals surface area contributed by atoms with Gasteiger partial charge in [0.15, 0.2) is 5.82 Å². The van der Waals surface area contributed by atoms with Gasteiger partial charge in [0, 0.05) is 41.2 Å². The molecule has 2 heterocycles. The Hall–Kier alpha value is -4.51. The van der Waals surface area contributed by atoms with E-state index in [9.17, 15) is 17.6 Å². The molecule has 0 aliphatic carbocycles. The maximum atomic E-state index is 15.7. The van der Waals surface area contributed by atoms with Crippen molar-refractivity contribution < 1.29 is 22.0 Å². The lowest BCUT2D eigenvalue weighted by Crippen LogP contribution is -2.33. The fourth-order valence-electron chi connectivity index (χ4n) is 4.22. The largest absolute Gasteiger partial charge is 0.369 e. The Bertz CT molecular complexity index is 1870. The van der Waals surface area contributed by atoms with Gasteiger partial charge in [-0.25, -0.2) is 27.2 Å². The minimum atomic E-state index is -4.23. The molecular weight excluding hydrogens is 524 g/mol. The average Bonchev–Trinajstić information content (AvgIpc) is 2.89. The van der Waals surface area contributed by atoms with Gasteiger partial charge in [-0.05, 0) is 42.0 Å². The van der Waals surface area contributed by atoms with Crippen LogP contribution in [0.2, 0.25) is 0 Å². The molecule has 1 amide bonds. The summed E-state index contributed by atoms with van der Waals surface area (Å²) in [6.45, 7) is 3.38. The molecule has 0 unspecified atom stereocenters. The summed E-state index contributed by atoms with van der Waals surface area (Å²) in [5.74, 6) is -2.02. The van der Waals surface area contributed by atoms with E-state index in [-0.39, 0.29) is 16.9 Å². The number of fused-ring (bicyclic) bond motifs is 2. The van der Waals surface area contributed by atoms with E-state index < -0.39 is 44.2 Å². The average molecular weight is 548 g/mol. The Kier molecular flexibility index (Phi) is 6.47. The van der Waals surface area contributed by atoms with Crippen LogP contribution in [0.25, 0.3) is 32.8 Å². The molecule has 198 valence electrons. The van der Waals surface area contributed by atoms with Crippen LogP contribution in [-0.4, -0.2) is 29.3 Å². The van der Waals surface area contributed by atoms with E-state index in [4.69, 9.17) is 5.73 Å². The molecule has 0 saturated carbocycles. The number of sulfonamides is 1. The number of rotatable bonds is 7. The predicted octanol–water partition coefficient (Wildman–Crippen LogP) is 4.98. The van der Waals surface area contributed by atoms with Crippen molar-refractivity contribution in [1.29, 1.82) is 0 Å². The first-order chi connectivity index (χ1) is 18.5. The number of nitrogens with zero attached hydrogens (tertiary/aromatic N) is 3. The number of nitrogens with one attached hydrogen (secondary N) is 1. The van der Waals surface area contributed by atoms with Gasteiger partial charge in [-0.1, -0.05) is 32.0 Å². The Balaban J connectivity index is 1.51. The first-order valence-electron chi connectivity index (χ1n) is 11.9. The highest BCUT2D eigenvalue weighted by atomic mass is 32.2. The summed E-state index contributed by atoms with van der Waals surface area (Å²) in [4.78, 5) is 24.3. The molecule has 8 nitrogen and oxygen atoms in total. The third-order valence-electron chi connectivity index (χ3n) is 6.45. The number of benzene rings is 3. The van der Waals surface area contributed by atoms with Crippen LogP contribution in [0.5, 0.6) is 0 Å². The quantitative estimate of drug-likeness (QED) is 0.296. The predicted molar refractivity (Wildman–Crippen MR) is 144 cm³/mol. The molecule has 5 rings (SSSR count).